The van der Waals surface area contributed by atoms with Gasteiger partial charge in [0.1, 0.15) is 6.07 Å². The molecule has 0 fully saturated rings. The van der Waals surface area contributed by atoms with Gasteiger partial charge in [0.05, 0.1) is 28.2 Å². The van der Waals surface area contributed by atoms with Gasteiger partial charge >= 0.3 is 0 Å². The van der Waals surface area contributed by atoms with E-state index in [1.807, 2.05) is 12.1 Å². The lowest BCUT2D eigenvalue weighted by Gasteiger charge is -2.21. The maximum atomic E-state index is 12.5. The monoisotopic (exact) mass is 327 g/mol. The maximum Gasteiger partial charge on any atom is 0.243 e. The fraction of sp³-hybridized carbons (Fsp3) is 0.385. The topological polar surface area (TPSA) is 94.2 Å². The minimum Gasteiger partial charge on any atom is -0.383 e. The molecule has 21 heavy (non-hydrogen) atoms. The predicted octanol–water partition coefficient (Wildman–Crippen LogP) is 1.76. The van der Waals surface area contributed by atoms with Gasteiger partial charge in [-0.1, -0.05) is 11.6 Å². The van der Waals surface area contributed by atoms with Crippen LogP contribution in [0.25, 0.3) is 0 Å². The molecule has 1 aromatic rings. The van der Waals surface area contributed by atoms with Crippen LogP contribution in [0.5, 0.6) is 0 Å². The summed E-state index contributed by atoms with van der Waals surface area (Å²) in [4.78, 5) is -0.0134. The van der Waals surface area contributed by atoms with Gasteiger partial charge < -0.3 is 4.74 Å². The van der Waals surface area contributed by atoms with Crippen molar-refractivity contribution in [2.45, 2.75) is 11.3 Å². The Morgan fingerprint density at radius 3 is 2.57 bits per heavy atom. The fourth-order valence-corrected chi connectivity index (χ4v) is 3.35. The van der Waals surface area contributed by atoms with E-state index in [1.165, 1.54) is 25.3 Å². The van der Waals surface area contributed by atoms with Crippen molar-refractivity contribution >= 4 is 21.6 Å². The van der Waals surface area contributed by atoms with E-state index in [2.05, 4.69) is 0 Å². The first kappa shape index (κ1) is 17.4. The molecule has 0 saturated carbocycles. The average molecular weight is 328 g/mol. The summed E-state index contributed by atoms with van der Waals surface area (Å²) in [6.07, 6.45) is 0.0763. The SMILES string of the molecule is COCCN(CCC#N)S(=O)(=O)c1ccc(C#N)c(Cl)c1. The van der Waals surface area contributed by atoms with Crippen molar-refractivity contribution < 1.29 is 13.2 Å². The minimum absolute atomic E-state index is 0.0134. The zero-order valence-electron chi connectivity index (χ0n) is 11.4. The Balaban J connectivity index is 3.13. The molecule has 0 atom stereocenters. The summed E-state index contributed by atoms with van der Waals surface area (Å²) in [7, 11) is -2.32. The molecule has 0 aliphatic heterocycles. The molecule has 0 bridgehead atoms. The zero-order valence-corrected chi connectivity index (χ0v) is 13.0. The van der Waals surface area contributed by atoms with Crippen LogP contribution in [0.2, 0.25) is 5.02 Å². The molecular weight excluding hydrogens is 314 g/mol. The zero-order chi connectivity index (χ0) is 15.9. The predicted molar refractivity (Wildman–Crippen MR) is 77.0 cm³/mol. The van der Waals surface area contributed by atoms with Gasteiger partial charge in [-0.15, -0.1) is 0 Å². The third kappa shape index (κ3) is 4.42. The van der Waals surface area contributed by atoms with Crippen molar-refractivity contribution in [3.05, 3.63) is 28.8 Å². The molecule has 0 radical (unpaired) electrons. The van der Waals surface area contributed by atoms with Crippen molar-refractivity contribution in [1.82, 2.24) is 4.31 Å². The molecule has 0 saturated heterocycles. The van der Waals surface area contributed by atoms with Gasteiger partial charge in [-0.05, 0) is 18.2 Å². The molecule has 0 N–H and O–H groups in total. The van der Waals surface area contributed by atoms with Crippen LogP contribution in [-0.2, 0) is 14.8 Å². The normalized spacial score (nSPS) is 11.1. The number of halogens is 1. The van der Waals surface area contributed by atoms with Crippen molar-refractivity contribution in [3.8, 4) is 12.1 Å². The van der Waals surface area contributed by atoms with Crippen LogP contribution in [0.4, 0.5) is 0 Å². The van der Waals surface area contributed by atoms with E-state index in [4.69, 9.17) is 26.9 Å². The Kier molecular flexibility index (Phi) is 6.60. The molecule has 1 rings (SSSR count). The first-order valence-electron chi connectivity index (χ1n) is 6.03. The average Bonchev–Trinajstić information content (AvgIpc) is 2.47. The molecule has 6 nitrogen and oxygen atoms in total. The van der Waals surface area contributed by atoms with E-state index in [0.29, 0.717) is 0 Å². The van der Waals surface area contributed by atoms with Crippen LogP contribution in [0, 0.1) is 22.7 Å². The van der Waals surface area contributed by atoms with Crippen LogP contribution in [0.3, 0.4) is 0 Å². The van der Waals surface area contributed by atoms with Gasteiger partial charge in [-0.3, -0.25) is 0 Å². The van der Waals surface area contributed by atoms with E-state index in [1.54, 1.807) is 0 Å². The number of nitriles is 2. The van der Waals surface area contributed by atoms with E-state index in [-0.39, 0.29) is 41.6 Å². The second kappa shape index (κ2) is 7.96. The summed E-state index contributed by atoms with van der Waals surface area (Å²) in [6, 6.07) is 7.70. The molecule has 0 aliphatic rings. The van der Waals surface area contributed by atoms with E-state index in [9.17, 15) is 8.42 Å². The highest BCUT2D eigenvalue weighted by molar-refractivity contribution is 7.89. The van der Waals surface area contributed by atoms with Crippen molar-refractivity contribution in [2.75, 3.05) is 26.8 Å². The molecule has 8 heteroatoms. The molecule has 0 heterocycles. The third-order valence-corrected chi connectivity index (χ3v) is 4.92. The maximum absolute atomic E-state index is 12.5. The summed E-state index contributed by atoms with van der Waals surface area (Å²) >= 11 is 5.87. The molecular formula is C13H14ClN3O3S. The summed E-state index contributed by atoms with van der Waals surface area (Å²) in [5, 5.41) is 17.5. The summed E-state index contributed by atoms with van der Waals surface area (Å²) in [5.41, 5.74) is 0.205. The van der Waals surface area contributed by atoms with Crippen molar-refractivity contribution in [3.63, 3.8) is 0 Å². The smallest absolute Gasteiger partial charge is 0.243 e. The molecule has 1 aromatic carbocycles. The van der Waals surface area contributed by atoms with Gasteiger partial charge in [0, 0.05) is 26.6 Å². The Bertz CT molecular complexity index is 677. The highest BCUT2D eigenvalue weighted by Crippen LogP contribution is 2.23. The lowest BCUT2D eigenvalue weighted by atomic mass is 10.2. The van der Waals surface area contributed by atoms with Gasteiger partial charge in [0.2, 0.25) is 10.0 Å². The lowest BCUT2D eigenvalue weighted by Crippen LogP contribution is -2.34. The minimum atomic E-state index is -3.78. The number of sulfonamides is 1. The van der Waals surface area contributed by atoms with Gasteiger partial charge in [0.25, 0.3) is 0 Å². The van der Waals surface area contributed by atoms with E-state index >= 15 is 0 Å². The molecule has 0 spiro atoms. The quantitative estimate of drug-likeness (QED) is 0.760. The molecule has 0 unspecified atom stereocenters. The van der Waals surface area contributed by atoms with E-state index in [0.717, 1.165) is 4.31 Å². The van der Waals surface area contributed by atoms with Crippen LogP contribution in [-0.4, -0.2) is 39.5 Å². The number of rotatable bonds is 7. The van der Waals surface area contributed by atoms with Crippen LogP contribution in [0.15, 0.2) is 23.1 Å². The van der Waals surface area contributed by atoms with Crippen LogP contribution < -0.4 is 0 Å². The number of nitrogens with zero attached hydrogens (tertiary/aromatic N) is 3. The summed E-state index contributed by atoms with van der Waals surface area (Å²) in [5.74, 6) is 0. The number of hydrogen-bond acceptors (Lipinski definition) is 5. The Morgan fingerprint density at radius 1 is 1.33 bits per heavy atom. The molecule has 0 aromatic heterocycles. The standard InChI is InChI=1S/C13H14ClN3O3S/c1-20-8-7-17(6-2-5-15)21(18,19)12-4-3-11(10-16)13(14)9-12/h3-4,9H,2,6-8H2,1H3. The number of methoxy groups -OCH3 is 1. The number of hydrogen-bond donors (Lipinski definition) is 0. The van der Waals surface area contributed by atoms with Gasteiger partial charge in [0.15, 0.2) is 0 Å². The summed E-state index contributed by atoms with van der Waals surface area (Å²) in [6.45, 7) is 0.423. The van der Waals surface area contributed by atoms with Gasteiger partial charge in [-0.2, -0.15) is 14.8 Å². The largest absolute Gasteiger partial charge is 0.383 e. The number of benzene rings is 1. The first-order chi connectivity index (χ1) is 9.97. The Hall–Kier alpha value is -1.64. The molecule has 112 valence electrons. The van der Waals surface area contributed by atoms with Crippen LogP contribution in [0.1, 0.15) is 12.0 Å². The number of ether oxygens (including phenoxy) is 1. The van der Waals surface area contributed by atoms with Crippen molar-refractivity contribution in [2.24, 2.45) is 0 Å². The fourth-order valence-electron chi connectivity index (χ4n) is 1.62. The second-order valence-corrected chi connectivity index (χ2v) is 6.40. The summed E-state index contributed by atoms with van der Waals surface area (Å²) < 4.78 is 31.1. The second-order valence-electron chi connectivity index (χ2n) is 4.06. The Labute approximate surface area is 129 Å². The third-order valence-electron chi connectivity index (χ3n) is 2.72. The highest BCUT2D eigenvalue weighted by Gasteiger charge is 2.24. The first-order valence-corrected chi connectivity index (χ1v) is 7.85. The van der Waals surface area contributed by atoms with E-state index < -0.39 is 10.0 Å². The molecule has 0 aliphatic carbocycles. The molecule has 0 amide bonds. The lowest BCUT2D eigenvalue weighted by molar-refractivity contribution is 0.179. The van der Waals surface area contributed by atoms with Gasteiger partial charge in [-0.25, -0.2) is 8.42 Å². The Morgan fingerprint density at radius 2 is 2.05 bits per heavy atom. The highest BCUT2D eigenvalue weighted by atomic mass is 35.5. The van der Waals surface area contributed by atoms with Crippen molar-refractivity contribution in [1.29, 1.82) is 10.5 Å². The van der Waals surface area contributed by atoms with Crippen LogP contribution >= 0.6 is 11.6 Å².